The van der Waals surface area contributed by atoms with Crippen LogP contribution in [0, 0.1) is 0 Å². The number of nitrogens with zero attached hydrogens (tertiary/aromatic N) is 2. The van der Waals surface area contributed by atoms with E-state index in [1.165, 1.54) is 0 Å². The van der Waals surface area contributed by atoms with E-state index in [4.69, 9.17) is 0 Å². The fourth-order valence-corrected chi connectivity index (χ4v) is 2.12. The van der Waals surface area contributed by atoms with Crippen LogP contribution in [0.15, 0.2) is 30.7 Å². The normalized spacial score (nSPS) is 12.3. The van der Waals surface area contributed by atoms with Gasteiger partial charge in [0.15, 0.2) is 0 Å². The lowest BCUT2D eigenvalue weighted by Crippen LogP contribution is -2.30. The molecule has 2 N–H and O–H groups in total. The molecule has 2 heterocycles. The van der Waals surface area contributed by atoms with Gasteiger partial charge in [-0.15, -0.1) is 0 Å². The number of aromatic nitrogens is 3. The molecule has 0 saturated heterocycles. The Morgan fingerprint density at radius 1 is 1.53 bits per heavy atom. The molecule has 5 heteroatoms. The summed E-state index contributed by atoms with van der Waals surface area (Å²) in [7, 11) is 0. The number of carbonyl (C=O) groups excluding carboxylic acids is 1. The molecular formula is C14H20N4O. The van der Waals surface area contributed by atoms with E-state index in [2.05, 4.69) is 22.2 Å². The second-order valence-corrected chi connectivity index (χ2v) is 4.50. The molecule has 0 aliphatic rings. The highest BCUT2D eigenvalue weighted by Gasteiger charge is 2.17. The van der Waals surface area contributed by atoms with Crippen molar-refractivity contribution >= 4 is 5.91 Å². The fraction of sp³-hybridized carbons (Fsp3) is 0.429. The first-order chi connectivity index (χ1) is 9.26. The number of hydrogen-bond donors (Lipinski definition) is 2. The number of hydrogen-bond acceptors (Lipinski definition) is 2. The number of amides is 1. The number of rotatable bonds is 6. The molecule has 0 aromatic carbocycles. The average Bonchev–Trinajstić information content (AvgIpc) is 3.06. The van der Waals surface area contributed by atoms with Gasteiger partial charge in [0.2, 0.25) is 0 Å². The van der Waals surface area contributed by atoms with E-state index in [1.54, 1.807) is 12.4 Å². The summed E-state index contributed by atoms with van der Waals surface area (Å²) < 4.78 is 1.98. The lowest BCUT2D eigenvalue weighted by Gasteiger charge is -2.15. The standard InChI is InChI=1S/C14H20N4O/c1-3-9-18-10-5-6-12(18)14(19)17-11(4-2)13-15-7-8-16-13/h5-8,10-11H,3-4,9H2,1-2H3,(H,15,16)(H,17,19). The van der Waals surface area contributed by atoms with Crippen LogP contribution in [0.4, 0.5) is 0 Å². The Bertz CT molecular complexity index is 515. The van der Waals surface area contributed by atoms with E-state index in [1.807, 2.05) is 29.8 Å². The van der Waals surface area contributed by atoms with Crippen LogP contribution >= 0.6 is 0 Å². The van der Waals surface area contributed by atoms with Crippen molar-refractivity contribution in [3.63, 3.8) is 0 Å². The molecular weight excluding hydrogens is 240 g/mol. The monoisotopic (exact) mass is 260 g/mol. The Morgan fingerprint density at radius 2 is 2.37 bits per heavy atom. The van der Waals surface area contributed by atoms with Gasteiger partial charge in [0.25, 0.3) is 5.91 Å². The van der Waals surface area contributed by atoms with Gasteiger partial charge in [-0.1, -0.05) is 13.8 Å². The van der Waals surface area contributed by atoms with Crippen LogP contribution in [-0.4, -0.2) is 20.4 Å². The molecule has 1 amide bonds. The molecule has 1 atom stereocenters. The van der Waals surface area contributed by atoms with E-state index in [0.717, 1.165) is 25.2 Å². The highest BCUT2D eigenvalue weighted by atomic mass is 16.2. The third-order valence-corrected chi connectivity index (χ3v) is 3.09. The number of carbonyl (C=O) groups is 1. The lowest BCUT2D eigenvalue weighted by atomic mass is 10.2. The SMILES string of the molecule is CCCn1cccc1C(=O)NC(CC)c1ncc[nH]1. The van der Waals surface area contributed by atoms with Crippen LogP contribution in [0.5, 0.6) is 0 Å². The van der Waals surface area contributed by atoms with Crippen molar-refractivity contribution in [2.24, 2.45) is 0 Å². The molecule has 0 spiro atoms. The van der Waals surface area contributed by atoms with E-state index < -0.39 is 0 Å². The van der Waals surface area contributed by atoms with Crippen molar-refractivity contribution in [1.29, 1.82) is 0 Å². The maximum absolute atomic E-state index is 12.3. The summed E-state index contributed by atoms with van der Waals surface area (Å²) in [4.78, 5) is 19.5. The van der Waals surface area contributed by atoms with Gasteiger partial charge in [-0.2, -0.15) is 0 Å². The van der Waals surface area contributed by atoms with E-state index >= 15 is 0 Å². The van der Waals surface area contributed by atoms with Crippen LogP contribution in [-0.2, 0) is 6.54 Å². The third-order valence-electron chi connectivity index (χ3n) is 3.09. The number of nitrogens with one attached hydrogen (secondary N) is 2. The predicted molar refractivity (Wildman–Crippen MR) is 73.8 cm³/mol. The maximum Gasteiger partial charge on any atom is 0.268 e. The Labute approximate surface area is 113 Å². The average molecular weight is 260 g/mol. The first kappa shape index (κ1) is 13.4. The Morgan fingerprint density at radius 3 is 3.00 bits per heavy atom. The zero-order valence-corrected chi connectivity index (χ0v) is 11.4. The Balaban J connectivity index is 2.09. The summed E-state index contributed by atoms with van der Waals surface area (Å²) in [6.45, 7) is 4.98. The predicted octanol–water partition coefficient (Wildman–Crippen LogP) is 2.50. The summed E-state index contributed by atoms with van der Waals surface area (Å²) in [5.74, 6) is 0.742. The minimum absolute atomic E-state index is 0.0540. The molecule has 2 aromatic rings. The quantitative estimate of drug-likeness (QED) is 0.838. The number of aromatic amines is 1. The van der Waals surface area contributed by atoms with Crippen molar-refractivity contribution in [1.82, 2.24) is 19.9 Å². The maximum atomic E-state index is 12.3. The number of aryl methyl sites for hydroxylation is 1. The summed E-state index contributed by atoms with van der Waals surface area (Å²) in [5.41, 5.74) is 0.701. The zero-order valence-electron chi connectivity index (χ0n) is 11.4. The highest BCUT2D eigenvalue weighted by Crippen LogP contribution is 2.13. The van der Waals surface area contributed by atoms with Crippen molar-refractivity contribution in [2.45, 2.75) is 39.3 Å². The van der Waals surface area contributed by atoms with Gasteiger partial charge in [-0.05, 0) is 25.0 Å². The minimum Gasteiger partial charge on any atom is -0.347 e. The molecule has 0 bridgehead atoms. The van der Waals surface area contributed by atoms with E-state index in [-0.39, 0.29) is 11.9 Å². The van der Waals surface area contributed by atoms with Crippen molar-refractivity contribution in [3.8, 4) is 0 Å². The second kappa shape index (κ2) is 6.22. The molecule has 0 radical (unpaired) electrons. The fourth-order valence-electron chi connectivity index (χ4n) is 2.12. The van der Waals surface area contributed by atoms with Gasteiger partial charge in [-0.25, -0.2) is 4.98 Å². The minimum atomic E-state index is -0.0764. The first-order valence-corrected chi connectivity index (χ1v) is 6.71. The zero-order chi connectivity index (χ0) is 13.7. The highest BCUT2D eigenvalue weighted by molar-refractivity contribution is 5.92. The molecule has 102 valence electrons. The second-order valence-electron chi connectivity index (χ2n) is 4.50. The van der Waals surface area contributed by atoms with Crippen molar-refractivity contribution in [3.05, 3.63) is 42.2 Å². The van der Waals surface area contributed by atoms with Gasteiger partial charge >= 0.3 is 0 Å². The molecule has 0 aliphatic heterocycles. The number of imidazole rings is 1. The molecule has 0 aliphatic carbocycles. The number of H-pyrrole nitrogens is 1. The van der Waals surface area contributed by atoms with Gasteiger partial charge in [-0.3, -0.25) is 4.79 Å². The summed E-state index contributed by atoms with van der Waals surface area (Å²) in [6, 6.07) is 3.67. The van der Waals surface area contributed by atoms with Gasteiger partial charge in [0.1, 0.15) is 11.5 Å². The van der Waals surface area contributed by atoms with Crippen LogP contribution in [0.2, 0.25) is 0 Å². The van der Waals surface area contributed by atoms with Crippen LogP contribution in [0.3, 0.4) is 0 Å². The molecule has 1 unspecified atom stereocenters. The Hall–Kier alpha value is -2.04. The molecule has 0 fully saturated rings. The van der Waals surface area contributed by atoms with Crippen molar-refractivity contribution < 1.29 is 4.79 Å². The molecule has 5 nitrogen and oxygen atoms in total. The largest absolute Gasteiger partial charge is 0.347 e. The molecule has 2 aromatic heterocycles. The molecule has 19 heavy (non-hydrogen) atoms. The van der Waals surface area contributed by atoms with Gasteiger partial charge < -0.3 is 14.9 Å². The topological polar surface area (TPSA) is 62.7 Å². The van der Waals surface area contributed by atoms with Gasteiger partial charge in [0, 0.05) is 25.1 Å². The van der Waals surface area contributed by atoms with Crippen LogP contribution < -0.4 is 5.32 Å². The smallest absolute Gasteiger partial charge is 0.268 e. The van der Waals surface area contributed by atoms with Crippen molar-refractivity contribution in [2.75, 3.05) is 0 Å². The summed E-state index contributed by atoms with van der Waals surface area (Å²) in [5, 5.41) is 3.02. The summed E-state index contributed by atoms with van der Waals surface area (Å²) in [6.07, 6.45) is 7.21. The summed E-state index contributed by atoms with van der Waals surface area (Å²) >= 11 is 0. The van der Waals surface area contributed by atoms with E-state index in [9.17, 15) is 4.79 Å². The van der Waals surface area contributed by atoms with Gasteiger partial charge in [0.05, 0.1) is 6.04 Å². The third kappa shape index (κ3) is 3.05. The Kier molecular flexibility index (Phi) is 4.39. The molecule has 0 saturated carbocycles. The lowest BCUT2D eigenvalue weighted by molar-refractivity contribution is 0.0924. The first-order valence-electron chi connectivity index (χ1n) is 6.71. The van der Waals surface area contributed by atoms with Crippen LogP contribution in [0.25, 0.3) is 0 Å². The van der Waals surface area contributed by atoms with E-state index in [0.29, 0.717) is 5.69 Å². The van der Waals surface area contributed by atoms with Crippen LogP contribution in [0.1, 0.15) is 49.0 Å². The molecule has 2 rings (SSSR count).